The summed E-state index contributed by atoms with van der Waals surface area (Å²) in [6, 6.07) is 5.30. The predicted molar refractivity (Wildman–Crippen MR) is 129 cm³/mol. The molecule has 6 heteroatoms. The molecule has 4 rings (SSSR count). The van der Waals surface area contributed by atoms with Crippen LogP contribution in [0.2, 0.25) is 39.3 Å². The summed E-state index contributed by atoms with van der Waals surface area (Å²) < 4.78 is 5.52. The van der Waals surface area contributed by atoms with E-state index in [1.54, 1.807) is 25.3 Å². The fraction of sp³-hybridized carbons (Fsp3) is 0.520. The van der Waals surface area contributed by atoms with E-state index in [2.05, 4.69) is 39.3 Å². The lowest BCUT2D eigenvalue weighted by Gasteiger charge is -2.50. The third kappa shape index (κ3) is 3.34. The van der Waals surface area contributed by atoms with Crippen LogP contribution in [-0.4, -0.2) is 46.0 Å². The lowest BCUT2D eigenvalue weighted by atomic mass is 9.67. The number of Topliss-reactive ketones (excluding diaryl/α,β-unsaturated/α-hetero) is 2. The molecule has 0 radical (unpaired) electrons. The Balaban J connectivity index is 2.17. The standard InChI is InChI=1S/C25H34O4Si2/c1-29-17-13-9-10-14-19(17)23(28)21-20(22(14)27)25(31(5,6)7)18-15(11-8-12-16(18)26)24(21)30(2,3)4/h9-10,13,15-16,18,26H,8,11-12H2,1-7H3/t15-,16-,18-/m0/s1. The summed E-state index contributed by atoms with van der Waals surface area (Å²) in [5, 5.41) is 13.5. The molecule has 31 heavy (non-hydrogen) atoms. The third-order valence-corrected chi connectivity index (χ3v) is 11.6. The second-order valence-corrected chi connectivity index (χ2v) is 21.3. The van der Waals surface area contributed by atoms with Crippen LogP contribution in [0.15, 0.2) is 39.7 Å². The Hall–Kier alpha value is -1.77. The fourth-order valence-corrected chi connectivity index (χ4v) is 11.0. The molecule has 0 heterocycles. The summed E-state index contributed by atoms with van der Waals surface area (Å²) >= 11 is 0. The van der Waals surface area contributed by atoms with Gasteiger partial charge >= 0.3 is 0 Å². The van der Waals surface area contributed by atoms with Crippen molar-refractivity contribution in [2.45, 2.75) is 64.6 Å². The molecule has 1 aromatic rings. The number of hydrogen-bond acceptors (Lipinski definition) is 4. The minimum Gasteiger partial charge on any atom is -0.496 e. The van der Waals surface area contributed by atoms with Crippen molar-refractivity contribution in [1.82, 2.24) is 0 Å². The molecule has 1 aromatic carbocycles. The lowest BCUT2D eigenvalue weighted by molar-refractivity contribution is 0.0641. The van der Waals surface area contributed by atoms with Gasteiger partial charge in [0.05, 0.1) is 34.9 Å². The predicted octanol–water partition coefficient (Wildman–Crippen LogP) is 5.21. The molecule has 1 N–H and O–H groups in total. The van der Waals surface area contributed by atoms with E-state index in [4.69, 9.17) is 4.74 Å². The molecule has 0 aromatic heterocycles. The van der Waals surface area contributed by atoms with E-state index in [0.717, 1.165) is 24.5 Å². The zero-order valence-corrected chi connectivity index (χ0v) is 21.8. The first kappa shape index (κ1) is 22.4. The van der Waals surface area contributed by atoms with Crippen LogP contribution in [0.3, 0.4) is 0 Å². The number of hydrogen-bond donors (Lipinski definition) is 1. The average molecular weight is 455 g/mol. The number of methoxy groups -OCH3 is 1. The van der Waals surface area contributed by atoms with Gasteiger partial charge in [-0.25, -0.2) is 0 Å². The Kier molecular flexibility index (Phi) is 5.35. The van der Waals surface area contributed by atoms with Crippen LogP contribution in [0, 0.1) is 11.8 Å². The molecule has 0 unspecified atom stereocenters. The van der Waals surface area contributed by atoms with E-state index in [0.29, 0.717) is 28.0 Å². The molecule has 4 nitrogen and oxygen atoms in total. The van der Waals surface area contributed by atoms with Gasteiger partial charge in [0.25, 0.3) is 0 Å². The first-order valence-corrected chi connectivity index (χ1v) is 18.3. The molecular formula is C25H34O4Si2. The fourth-order valence-electron chi connectivity index (χ4n) is 6.18. The first-order valence-electron chi connectivity index (χ1n) is 11.3. The number of aliphatic hydroxyl groups excluding tert-OH is 1. The summed E-state index contributed by atoms with van der Waals surface area (Å²) in [6.45, 7) is 13.5. The van der Waals surface area contributed by atoms with E-state index < -0.39 is 22.3 Å². The Morgan fingerprint density at radius 1 is 0.903 bits per heavy atom. The highest BCUT2D eigenvalue weighted by molar-refractivity contribution is 6.85. The number of carbonyl (C=O) groups excluding carboxylic acids is 2. The van der Waals surface area contributed by atoms with Crippen LogP contribution in [0.4, 0.5) is 0 Å². The Morgan fingerprint density at radius 3 is 2.10 bits per heavy atom. The van der Waals surface area contributed by atoms with Gasteiger partial charge in [0.15, 0.2) is 11.6 Å². The van der Waals surface area contributed by atoms with Crippen molar-refractivity contribution in [3.05, 3.63) is 50.9 Å². The van der Waals surface area contributed by atoms with Crippen molar-refractivity contribution in [2.24, 2.45) is 11.8 Å². The van der Waals surface area contributed by atoms with Gasteiger partial charge in [0.2, 0.25) is 0 Å². The monoisotopic (exact) mass is 454 g/mol. The van der Waals surface area contributed by atoms with Crippen LogP contribution < -0.4 is 4.74 Å². The van der Waals surface area contributed by atoms with E-state index in [9.17, 15) is 14.7 Å². The van der Waals surface area contributed by atoms with Crippen LogP contribution >= 0.6 is 0 Å². The van der Waals surface area contributed by atoms with Crippen LogP contribution in [0.25, 0.3) is 0 Å². The summed E-state index contributed by atoms with van der Waals surface area (Å²) in [7, 11) is -2.45. The zero-order chi connectivity index (χ0) is 22.9. The van der Waals surface area contributed by atoms with Gasteiger partial charge < -0.3 is 9.84 Å². The summed E-state index contributed by atoms with van der Waals surface area (Å²) in [4.78, 5) is 28.1. The molecule has 0 spiro atoms. The second kappa shape index (κ2) is 7.39. The molecule has 3 aliphatic rings. The van der Waals surface area contributed by atoms with Crippen LogP contribution in [0.5, 0.6) is 5.75 Å². The smallest absolute Gasteiger partial charge is 0.197 e. The van der Waals surface area contributed by atoms with Crippen molar-refractivity contribution in [3.8, 4) is 5.75 Å². The van der Waals surface area contributed by atoms with Crippen molar-refractivity contribution in [2.75, 3.05) is 7.11 Å². The largest absolute Gasteiger partial charge is 0.496 e. The van der Waals surface area contributed by atoms with Gasteiger partial charge in [-0.2, -0.15) is 0 Å². The minimum absolute atomic E-state index is 0.0372. The maximum Gasteiger partial charge on any atom is 0.197 e. The number of allylic oxidation sites excluding steroid dienone is 3. The highest BCUT2D eigenvalue weighted by Gasteiger charge is 2.53. The quantitative estimate of drug-likeness (QED) is 0.637. The summed E-state index contributed by atoms with van der Waals surface area (Å²) in [6.07, 6.45) is 2.26. The Bertz CT molecular complexity index is 1040. The summed E-state index contributed by atoms with van der Waals surface area (Å²) in [5.41, 5.74) is 2.14. The molecule has 0 amide bonds. The highest BCUT2D eigenvalue weighted by Crippen LogP contribution is 2.54. The zero-order valence-electron chi connectivity index (χ0n) is 19.8. The van der Waals surface area contributed by atoms with Crippen molar-refractivity contribution in [3.63, 3.8) is 0 Å². The molecule has 0 bridgehead atoms. The topological polar surface area (TPSA) is 63.6 Å². The van der Waals surface area contributed by atoms with E-state index in [1.165, 1.54) is 5.20 Å². The van der Waals surface area contributed by atoms with Crippen LogP contribution in [-0.2, 0) is 0 Å². The molecule has 166 valence electrons. The summed E-state index contributed by atoms with van der Waals surface area (Å²) in [5.74, 6) is 0.466. The first-order chi connectivity index (χ1) is 14.4. The number of aliphatic hydroxyl groups is 1. The van der Waals surface area contributed by atoms with Gasteiger partial charge in [-0.3, -0.25) is 9.59 Å². The molecule has 1 saturated carbocycles. The number of carbonyl (C=O) groups is 2. The molecule has 0 saturated heterocycles. The average Bonchev–Trinajstić information content (AvgIpc) is 2.68. The molecule has 0 aliphatic heterocycles. The number of rotatable bonds is 3. The van der Waals surface area contributed by atoms with E-state index >= 15 is 0 Å². The van der Waals surface area contributed by atoms with Gasteiger partial charge in [-0.15, -0.1) is 0 Å². The highest BCUT2D eigenvalue weighted by atomic mass is 28.3. The number of benzene rings is 1. The normalized spacial score (nSPS) is 26.5. The Labute approximate surface area is 187 Å². The number of ether oxygens (including phenoxy) is 1. The van der Waals surface area contributed by atoms with Gasteiger partial charge in [0.1, 0.15) is 5.75 Å². The van der Waals surface area contributed by atoms with Gasteiger partial charge in [0, 0.05) is 22.6 Å². The number of fused-ring (bicyclic) bond motifs is 3. The van der Waals surface area contributed by atoms with E-state index in [-0.39, 0.29) is 23.4 Å². The number of ketones is 2. The minimum atomic E-state index is -2.02. The second-order valence-electron chi connectivity index (χ2n) is 11.2. The Morgan fingerprint density at radius 2 is 1.52 bits per heavy atom. The third-order valence-electron chi connectivity index (χ3n) is 7.14. The van der Waals surface area contributed by atoms with Gasteiger partial charge in [-0.1, -0.05) is 68.2 Å². The van der Waals surface area contributed by atoms with Crippen molar-refractivity contribution >= 4 is 27.7 Å². The van der Waals surface area contributed by atoms with Crippen molar-refractivity contribution in [1.29, 1.82) is 0 Å². The molecular weight excluding hydrogens is 420 g/mol. The lowest BCUT2D eigenvalue weighted by Crippen LogP contribution is -2.51. The molecule has 1 fully saturated rings. The molecule has 3 aliphatic carbocycles. The van der Waals surface area contributed by atoms with Crippen LogP contribution in [0.1, 0.15) is 40.0 Å². The maximum atomic E-state index is 14.1. The molecule has 3 atom stereocenters. The maximum absolute atomic E-state index is 14.1. The SMILES string of the molecule is COc1cccc2c1C(=O)C1=C([Si](C)(C)C)[C@H]3CCC[C@H](O)[C@H]3C([Si](C)(C)C)=C1C2=O. The van der Waals surface area contributed by atoms with Crippen molar-refractivity contribution < 1.29 is 19.4 Å². The van der Waals surface area contributed by atoms with E-state index in [1.807, 2.05) is 0 Å². The van der Waals surface area contributed by atoms with Gasteiger partial charge in [-0.05, 0) is 24.8 Å².